The number of carbonyl (C=O) groups excluding carboxylic acids is 1. The van der Waals surface area contributed by atoms with Crippen LogP contribution in [0.1, 0.15) is 96.8 Å². The number of hydrogen-bond donors (Lipinski definition) is 1. The molecule has 0 heterocycles. The summed E-state index contributed by atoms with van der Waals surface area (Å²) in [5, 5.41) is 13.3. The first-order valence-corrected chi connectivity index (χ1v) is 9.97. The van der Waals surface area contributed by atoms with E-state index in [4.69, 9.17) is 5.53 Å². The Bertz CT molecular complexity index is 371. The van der Waals surface area contributed by atoms with E-state index in [0.717, 1.165) is 19.3 Å². The highest BCUT2D eigenvalue weighted by Crippen LogP contribution is 2.15. The summed E-state index contributed by atoms with van der Waals surface area (Å²) in [5.41, 5.74) is 8.54. The van der Waals surface area contributed by atoms with Crippen LogP contribution in [0.4, 0.5) is 0 Å². The van der Waals surface area contributed by atoms with Crippen molar-refractivity contribution in [3.8, 4) is 0 Å². The van der Waals surface area contributed by atoms with E-state index in [0.29, 0.717) is 6.42 Å². The van der Waals surface area contributed by atoms with Crippen molar-refractivity contribution >= 4 is 5.97 Å². The number of ether oxygens (including phenoxy) is 1. The highest BCUT2D eigenvalue weighted by molar-refractivity contribution is 5.75. The predicted octanol–water partition coefficient (Wildman–Crippen LogP) is 5.68. The SMILES string of the molecule is CCCCCCCCCCCCCCC[C@@H](N=[N+]=[N-])[C@@H](O)C(=O)OC. The van der Waals surface area contributed by atoms with Gasteiger partial charge in [-0.15, -0.1) is 0 Å². The molecule has 0 radical (unpaired) electrons. The lowest BCUT2D eigenvalue weighted by Crippen LogP contribution is -2.33. The zero-order valence-corrected chi connectivity index (χ0v) is 16.2. The molecule has 6 nitrogen and oxygen atoms in total. The molecule has 0 aromatic heterocycles. The van der Waals surface area contributed by atoms with Crippen molar-refractivity contribution in [3.05, 3.63) is 10.4 Å². The van der Waals surface area contributed by atoms with Crippen molar-refractivity contribution in [2.24, 2.45) is 5.11 Å². The van der Waals surface area contributed by atoms with Gasteiger partial charge in [0.25, 0.3) is 0 Å². The first kappa shape index (κ1) is 23.7. The Labute approximate surface area is 153 Å². The van der Waals surface area contributed by atoms with Gasteiger partial charge in [0.2, 0.25) is 0 Å². The van der Waals surface area contributed by atoms with E-state index < -0.39 is 18.1 Å². The van der Waals surface area contributed by atoms with Crippen molar-refractivity contribution in [1.82, 2.24) is 0 Å². The van der Waals surface area contributed by atoms with Gasteiger partial charge in [-0.1, -0.05) is 95.5 Å². The van der Waals surface area contributed by atoms with E-state index in [9.17, 15) is 9.90 Å². The van der Waals surface area contributed by atoms with Crippen LogP contribution in [0.5, 0.6) is 0 Å². The third-order valence-electron chi connectivity index (χ3n) is 4.61. The molecule has 6 heteroatoms. The minimum Gasteiger partial charge on any atom is -0.467 e. The molecule has 0 aromatic rings. The van der Waals surface area contributed by atoms with Crippen LogP contribution in [0.25, 0.3) is 10.4 Å². The monoisotopic (exact) mass is 355 g/mol. The zero-order chi connectivity index (χ0) is 18.8. The molecule has 0 aliphatic carbocycles. The van der Waals surface area contributed by atoms with Crippen LogP contribution in [-0.2, 0) is 9.53 Å². The Hall–Kier alpha value is -1.26. The highest BCUT2D eigenvalue weighted by atomic mass is 16.5. The van der Waals surface area contributed by atoms with Crippen LogP contribution in [0.3, 0.4) is 0 Å². The van der Waals surface area contributed by atoms with Crippen LogP contribution < -0.4 is 0 Å². The fourth-order valence-electron chi connectivity index (χ4n) is 2.99. The number of nitrogens with zero attached hydrogens (tertiary/aromatic N) is 3. The van der Waals surface area contributed by atoms with Gasteiger partial charge >= 0.3 is 5.97 Å². The maximum absolute atomic E-state index is 11.3. The first-order valence-electron chi connectivity index (χ1n) is 9.97. The van der Waals surface area contributed by atoms with Gasteiger partial charge in [-0.3, -0.25) is 0 Å². The number of aliphatic hydroxyl groups is 1. The minimum absolute atomic E-state index is 0.512. The van der Waals surface area contributed by atoms with Gasteiger partial charge < -0.3 is 9.84 Å². The molecule has 0 aromatic carbocycles. The van der Waals surface area contributed by atoms with Gasteiger partial charge in [0.15, 0.2) is 6.10 Å². The van der Waals surface area contributed by atoms with E-state index in [-0.39, 0.29) is 0 Å². The number of carbonyl (C=O) groups is 1. The van der Waals surface area contributed by atoms with Crippen LogP contribution in [0.2, 0.25) is 0 Å². The topological polar surface area (TPSA) is 95.3 Å². The number of esters is 1. The molecular weight excluding hydrogens is 318 g/mol. The zero-order valence-electron chi connectivity index (χ0n) is 16.2. The molecule has 0 rings (SSSR count). The van der Waals surface area contributed by atoms with Crippen LogP contribution in [0, 0.1) is 0 Å². The van der Waals surface area contributed by atoms with Crippen molar-refractivity contribution in [2.45, 2.75) is 109 Å². The fraction of sp³-hybridized carbons (Fsp3) is 0.947. The number of hydrogen-bond acceptors (Lipinski definition) is 4. The fourth-order valence-corrected chi connectivity index (χ4v) is 2.99. The summed E-state index contributed by atoms with van der Waals surface area (Å²) < 4.78 is 4.49. The summed E-state index contributed by atoms with van der Waals surface area (Å²) >= 11 is 0. The number of unbranched alkanes of at least 4 members (excludes halogenated alkanes) is 12. The average Bonchev–Trinajstić information content (AvgIpc) is 2.63. The minimum atomic E-state index is -1.36. The third-order valence-corrected chi connectivity index (χ3v) is 4.61. The predicted molar refractivity (Wildman–Crippen MR) is 101 cm³/mol. The first-order chi connectivity index (χ1) is 12.2. The van der Waals surface area contributed by atoms with Gasteiger partial charge in [0, 0.05) is 4.91 Å². The van der Waals surface area contributed by atoms with Crippen LogP contribution in [0.15, 0.2) is 5.11 Å². The van der Waals surface area contributed by atoms with Crippen molar-refractivity contribution in [1.29, 1.82) is 0 Å². The van der Waals surface area contributed by atoms with E-state index in [1.165, 1.54) is 71.3 Å². The summed E-state index contributed by atoms with van der Waals surface area (Å²) in [5.74, 6) is -0.743. The standard InChI is InChI=1S/C19H37N3O3/c1-3-4-5-6-7-8-9-10-11-12-13-14-15-16-17(21-22-20)18(23)19(24)25-2/h17-18,23H,3-16H2,1-2H3/t17-,18-/m1/s1. The van der Waals surface area contributed by atoms with Crippen molar-refractivity contribution < 1.29 is 14.6 Å². The smallest absolute Gasteiger partial charge is 0.335 e. The summed E-state index contributed by atoms with van der Waals surface area (Å²) in [4.78, 5) is 14.0. The van der Waals surface area contributed by atoms with Crippen molar-refractivity contribution in [3.63, 3.8) is 0 Å². The molecule has 0 saturated heterocycles. The Kier molecular flexibility index (Phi) is 16.7. The van der Waals surface area contributed by atoms with Crippen LogP contribution in [-0.4, -0.2) is 30.3 Å². The molecule has 0 saturated carbocycles. The van der Waals surface area contributed by atoms with Gasteiger partial charge in [-0.25, -0.2) is 4.79 Å². The van der Waals surface area contributed by atoms with Gasteiger partial charge in [-0.05, 0) is 12.0 Å². The maximum Gasteiger partial charge on any atom is 0.335 e. The molecule has 1 N–H and O–H groups in total. The summed E-state index contributed by atoms with van der Waals surface area (Å²) in [6, 6.07) is -0.731. The lowest BCUT2D eigenvalue weighted by molar-refractivity contribution is -0.151. The highest BCUT2D eigenvalue weighted by Gasteiger charge is 2.25. The van der Waals surface area contributed by atoms with Gasteiger partial charge in [0.1, 0.15) is 0 Å². The summed E-state index contributed by atoms with van der Waals surface area (Å²) in [7, 11) is 1.21. The largest absolute Gasteiger partial charge is 0.467 e. The maximum atomic E-state index is 11.3. The normalized spacial score (nSPS) is 13.1. The Balaban J connectivity index is 3.55. The lowest BCUT2D eigenvalue weighted by Gasteiger charge is -2.15. The molecule has 0 bridgehead atoms. The van der Waals surface area contributed by atoms with Gasteiger partial charge in [-0.2, -0.15) is 0 Å². The number of aliphatic hydroxyl groups excluding tert-OH is 1. The molecular formula is C19H37N3O3. The lowest BCUT2D eigenvalue weighted by atomic mass is 10.0. The molecule has 0 aliphatic heterocycles. The molecule has 25 heavy (non-hydrogen) atoms. The van der Waals surface area contributed by atoms with E-state index >= 15 is 0 Å². The van der Waals surface area contributed by atoms with Crippen molar-refractivity contribution in [2.75, 3.05) is 7.11 Å². The molecule has 0 aliphatic rings. The van der Waals surface area contributed by atoms with E-state index in [1.54, 1.807) is 0 Å². The number of methoxy groups -OCH3 is 1. The molecule has 0 unspecified atom stereocenters. The van der Waals surface area contributed by atoms with Gasteiger partial charge in [0.05, 0.1) is 13.2 Å². The second-order valence-electron chi connectivity index (χ2n) is 6.77. The Morgan fingerprint density at radius 3 is 1.80 bits per heavy atom. The Morgan fingerprint density at radius 2 is 1.40 bits per heavy atom. The second kappa shape index (κ2) is 17.6. The molecule has 0 amide bonds. The van der Waals surface area contributed by atoms with E-state index in [2.05, 4.69) is 21.7 Å². The molecule has 0 spiro atoms. The molecule has 0 fully saturated rings. The van der Waals surface area contributed by atoms with Crippen LogP contribution >= 0.6 is 0 Å². The number of rotatable bonds is 17. The quantitative estimate of drug-likeness (QED) is 0.119. The Morgan fingerprint density at radius 1 is 0.960 bits per heavy atom. The summed E-state index contributed by atoms with van der Waals surface area (Å²) in [6.07, 6.45) is 15.5. The molecule has 146 valence electrons. The summed E-state index contributed by atoms with van der Waals surface area (Å²) in [6.45, 7) is 2.25. The third kappa shape index (κ3) is 13.7. The van der Waals surface area contributed by atoms with E-state index in [1.807, 2.05) is 0 Å². The average molecular weight is 356 g/mol. The number of azide groups is 1. The molecule has 2 atom stereocenters. The second-order valence-corrected chi connectivity index (χ2v) is 6.77.